The van der Waals surface area contributed by atoms with Gasteiger partial charge in [-0.25, -0.2) is 12.8 Å². The lowest BCUT2D eigenvalue weighted by atomic mass is 10.1. The number of ether oxygens (including phenoxy) is 1. The summed E-state index contributed by atoms with van der Waals surface area (Å²) in [6.07, 6.45) is 0.492. The molecule has 31 heavy (non-hydrogen) atoms. The molecule has 0 fully saturated rings. The van der Waals surface area contributed by atoms with Crippen LogP contribution in [0.5, 0.6) is 5.75 Å². The number of halogens is 1. The van der Waals surface area contributed by atoms with Gasteiger partial charge in [-0.1, -0.05) is 42.5 Å². The van der Waals surface area contributed by atoms with Gasteiger partial charge in [-0.05, 0) is 48.4 Å². The molecule has 6 nitrogen and oxygen atoms in total. The van der Waals surface area contributed by atoms with Crippen molar-refractivity contribution in [2.45, 2.75) is 11.3 Å². The van der Waals surface area contributed by atoms with Crippen molar-refractivity contribution in [3.8, 4) is 5.75 Å². The Kier molecular flexibility index (Phi) is 7.25. The minimum absolute atomic E-state index is 0.0695. The fraction of sp³-hybridized carbons (Fsp3) is 0.174. The van der Waals surface area contributed by atoms with Crippen LogP contribution in [0.2, 0.25) is 0 Å². The van der Waals surface area contributed by atoms with Gasteiger partial charge in [-0.2, -0.15) is 0 Å². The van der Waals surface area contributed by atoms with Crippen molar-refractivity contribution >= 4 is 21.6 Å². The van der Waals surface area contributed by atoms with Crippen LogP contribution in [0, 0.1) is 5.82 Å². The summed E-state index contributed by atoms with van der Waals surface area (Å²) in [5.74, 6) is -0.458. The average molecular weight is 443 g/mol. The van der Waals surface area contributed by atoms with E-state index in [1.165, 1.54) is 31.4 Å². The van der Waals surface area contributed by atoms with Gasteiger partial charge in [0.1, 0.15) is 18.1 Å². The smallest absolute Gasteiger partial charge is 0.264 e. The van der Waals surface area contributed by atoms with Crippen molar-refractivity contribution in [2.75, 3.05) is 24.5 Å². The predicted octanol–water partition coefficient (Wildman–Crippen LogP) is 3.39. The fourth-order valence-corrected chi connectivity index (χ4v) is 4.49. The molecule has 1 amide bonds. The van der Waals surface area contributed by atoms with E-state index < -0.39 is 22.5 Å². The van der Waals surface area contributed by atoms with Gasteiger partial charge in [0.25, 0.3) is 10.0 Å². The number of hydrogen-bond donors (Lipinski definition) is 1. The minimum Gasteiger partial charge on any atom is -0.495 e. The molecule has 0 aromatic heterocycles. The second-order valence-electron chi connectivity index (χ2n) is 6.72. The summed E-state index contributed by atoms with van der Waals surface area (Å²) in [6, 6.07) is 20.5. The van der Waals surface area contributed by atoms with E-state index in [2.05, 4.69) is 5.32 Å². The van der Waals surface area contributed by atoms with E-state index in [1.807, 2.05) is 0 Å². The van der Waals surface area contributed by atoms with E-state index in [1.54, 1.807) is 54.6 Å². The molecule has 0 bridgehead atoms. The van der Waals surface area contributed by atoms with E-state index in [4.69, 9.17) is 4.74 Å². The normalized spacial score (nSPS) is 11.0. The lowest BCUT2D eigenvalue weighted by Crippen LogP contribution is -2.41. The number of hydrogen-bond acceptors (Lipinski definition) is 4. The van der Waals surface area contributed by atoms with Crippen LogP contribution in [0.4, 0.5) is 10.1 Å². The SMILES string of the molecule is COc1ccccc1N(CC(=O)NCCc1ccc(F)cc1)S(=O)(=O)c1ccccc1. The van der Waals surface area contributed by atoms with E-state index in [0.717, 1.165) is 9.87 Å². The highest BCUT2D eigenvalue weighted by atomic mass is 32.2. The summed E-state index contributed by atoms with van der Waals surface area (Å²) in [6.45, 7) is -0.128. The predicted molar refractivity (Wildman–Crippen MR) is 117 cm³/mol. The summed E-state index contributed by atoms with van der Waals surface area (Å²) < 4.78 is 46.0. The van der Waals surface area contributed by atoms with Crippen molar-refractivity contribution in [1.29, 1.82) is 0 Å². The molecule has 8 heteroatoms. The topological polar surface area (TPSA) is 75.7 Å². The number of rotatable bonds is 9. The molecule has 0 spiro atoms. The van der Waals surface area contributed by atoms with Crippen molar-refractivity contribution in [3.63, 3.8) is 0 Å². The Morgan fingerprint density at radius 2 is 1.61 bits per heavy atom. The zero-order valence-electron chi connectivity index (χ0n) is 17.0. The van der Waals surface area contributed by atoms with Gasteiger partial charge in [-0.15, -0.1) is 0 Å². The van der Waals surface area contributed by atoms with E-state index in [-0.39, 0.29) is 22.9 Å². The van der Waals surface area contributed by atoms with Crippen LogP contribution < -0.4 is 14.4 Å². The number of carbonyl (C=O) groups excluding carboxylic acids is 1. The lowest BCUT2D eigenvalue weighted by molar-refractivity contribution is -0.119. The average Bonchev–Trinajstić information content (AvgIpc) is 2.79. The molecule has 0 unspecified atom stereocenters. The van der Waals surface area contributed by atoms with Crippen LogP contribution in [0.3, 0.4) is 0 Å². The number of methoxy groups -OCH3 is 1. The minimum atomic E-state index is -4.01. The van der Waals surface area contributed by atoms with E-state index in [9.17, 15) is 17.6 Å². The lowest BCUT2D eigenvalue weighted by Gasteiger charge is -2.25. The van der Waals surface area contributed by atoms with E-state index >= 15 is 0 Å². The Hall–Kier alpha value is -3.39. The van der Waals surface area contributed by atoms with Gasteiger partial charge in [0.05, 0.1) is 17.7 Å². The van der Waals surface area contributed by atoms with Gasteiger partial charge >= 0.3 is 0 Å². The Balaban J connectivity index is 1.80. The summed E-state index contributed by atoms with van der Waals surface area (Å²) >= 11 is 0. The summed E-state index contributed by atoms with van der Waals surface area (Å²) in [7, 11) is -2.57. The highest BCUT2D eigenvalue weighted by Gasteiger charge is 2.29. The zero-order valence-corrected chi connectivity index (χ0v) is 17.8. The molecule has 0 radical (unpaired) electrons. The van der Waals surface area contributed by atoms with Crippen LogP contribution in [-0.4, -0.2) is 34.5 Å². The van der Waals surface area contributed by atoms with Crippen molar-refractivity contribution in [1.82, 2.24) is 5.32 Å². The molecule has 0 saturated heterocycles. The molecule has 0 aliphatic heterocycles. The third-order valence-corrected chi connectivity index (χ3v) is 6.40. The molecule has 3 rings (SSSR count). The molecule has 0 atom stereocenters. The number of nitrogens with one attached hydrogen (secondary N) is 1. The number of sulfonamides is 1. The maximum absolute atomic E-state index is 13.3. The zero-order chi connectivity index (χ0) is 22.3. The van der Waals surface area contributed by atoms with Gasteiger partial charge in [0.2, 0.25) is 5.91 Å². The van der Waals surface area contributed by atoms with Gasteiger partial charge in [0.15, 0.2) is 0 Å². The van der Waals surface area contributed by atoms with Crippen LogP contribution in [0.15, 0.2) is 83.8 Å². The Bertz CT molecular complexity index is 1120. The largest absolute Gasteiger partial charge is 0.495 e. The summed E-state index contributed by atoms with van der Waals surface area (Å²) in [5, 5.41) is 2.73. The second-order valence-corrected chi connectivity index (χ2v) is 8.59. The molecular formula is C23H23FN2O4S. The molecule has 162 valence electrons. The number of carbonyl (C=O) groups is 1. The molecule has 3 aromatic carbocycles. The number of benzene rings is 3. The molecule has 0 heterocycles. The van der Waals surface area contributed by atoms with Gasteiger partial charge in [0, 0.05) is 6.54 Å². The van der Waals surface area contributed by atoms with Gasteiger partial charge in [-0.3, -0.25) is 9.10 Å². The molecule has 3 aromatic rings. The third kappa shape index (κ3) is 5.61. The number of para-hydroxylation sites is 2. The maximum atomic E-state index is 13.3. The standard InChI is InChI=1S/C23H23FN2O4S/c1-30-22-10-6-5-9-21(22)26(31(28,29)20-7-3-2-4-8-20)17-23(27)25-16-15-18-11-13-19(24)14-12-18/h2-14H,15-17H2,1H3,(H,25,27). The molecular weight excluding hydrogens is 419 g/mol. The molecule has 0 saturated carbocycles. The number of anilines is 1. The number of nitrogens with zero attached hydrogens (tertiary/aromatic N) is 1. The Labute approximate surface area is 181 Å². The monoisotopic (exact) mass is 442 g/mol. The first-order valence-corrected chi connectivity index (χ1v) is 11.1. The number of amides is 1. The molecule has 0 aliphatic rings. The quantitative estimate of drug-likeness (QED) is 0.551. The Morgan fingerprint density at radius 3 is 2.29 bits per heavy atom. The van der Waals surface area contributed by atoms with Crippen molar-refractivity contribution in [3.05, 3.63) is 90.2 Å². The highest BCUT2D eigenvalue weighted by molar-refractivity contribution is 7.92. The van der Waals surface area contributed by atoms with E-state index in [0.29, 0.717) is 12.2 Å². The van der Waals surface area contributed by atoms with Crippen molar-refractivity contribution in [2.24, 2.45) is 0 Å². The third-order valence-electron chi connectivity index (χ3n) is 4.62. The summed E-state index contributed by atoms with van der Waals surface area (Å²) in [5.41, 5.74) is 1.13. The van der Waals surface area contributed by atoms with Crippen LogP contribution >= 0.6 is 0 Å². The maximum Gasteiger partial charge on any atom is 0.264 e. The highest BCUT2D eigenvalue weighted by Crippen LogP contribution is 2.31. The van der Waals surface area contributed by atoms with Crippen molar-refractivity contribution < 1.29 is 22.3 Å². The first-order chi connectivity index (χ1) is 14.9. The summed E-state index contributed by atoms with van der Waals surface area (Å²) in [4.78, 5) is 12.7. The van der Waals surface area contributed by atoms with Crippen LogP contribution in [0.1, 0.15) is 5.56 Å². The van der Waals surface area contributed by atoms with Crippen LogP contribution in [-0.2, 0) is 21.2 Å². The fourth-order valence-electron chi connectivity index (χ4n) is 3.04. The molecule has 0 aliphatic carbocycles. The second kappa shape index (κ2) is 10.1. The van der Waals surface area contributed by atoms with Gasteiger partial charge < -0.3 is 10.1 Å². The molecule has 1 N–H and O–H groups in total. The van der Waals surface area contributed by atoms with Crippen LogP contribution in [0.25, 0.3) is 0 Å². The first-order valence-electron chi connectivity index (χ1n) is 9.64. The first kappa shape index (κ1) is 22.3. The Morgan fingerprint density at radius 1 is 0.968 bits per heavy atom.